The van der Waals surface area contributed by atoms with E-state index in [1.54, 1.807) is 0 Å². The summed E-state index contributed by atoms with van der Waals surface area (Å²) in [6.45, 7) is 2.35. The lowest BCUT2D eigenvalue weighted by atomic mass is 10.0. The predicted octanol–water partition coefficient (Wildman–Crippen LogP) is 5.50. The Balaban J connectivity index is 1.87. The Labute approximate surface area is 161 Å². The van der Waals surface area contributed by atoms with E-state index in [-0.39, 0.29) is 0 Å². The van der Waals surface area contributed by atoms with Crippen molar-refractivity contribution in [3.8, 4) is 0 Å². The smallest absolute Gasteiger partial charge is 0.128 e. The number of hydrogen-bond acceptors (Lipinski definition) is 4. The van der Waals surface area contributed by atoms with Crippen LogP contribution in [0.15, 0.2) is 70.3 Å². The zero-order chi connectivity index (χ0) is 17.5. The lowest BCUT2D eigenvalue weighted by Crippen LogP contribution is -2.25. The normalized spacial score (nSPS) is 10.4. The Bertz CT molecular complexity index is 884. The number of fused-ring (bicyclic) bond motifs is 1. The average molecular weight is 412 g/mol. The van der Waals surface area contributed by atoms with Crippen LogP contribution in [0.4, 0.5) is 5.82 Å². The Kier molecular flexibility index (Phi) is 6.29. The number of rotatable bonds is 7. The molecule has 0 amide bonds. The highest BCUT2D eigenvalue weighted by Crippen LogP contribution is 2.23. The molecule has 5 heteroatoms. The minimum atomic E-state index is 0.687. The zero-order valence-electron chi connectivity index (χ0n) is 13.7. The van der Waals surface area contributed by atoms with Gasteiger partial charge in [-0.05, 0) is 63.0 Å². The molecule has 0 aliphatic rings. The highest BCUT2D eigenvalue weighted by atomic mass is 79.9. The maximum absolute atomic E-state index is 4.65. The minimum Gasteiger partial charge on any atom is -0.352 e. The number of pyridine rings is 1. The van der Waals surface area contributed by atoms with Crippen LogP contribution >= 0.6 is 28.1 Å². The number of thiocarbonyl (C=S) groups is 1. The van der Waals surface area contributed by atoms with Crippen LogP contribution in [-0.4, -0.2) is 23.2 Å². The van der Waals surface area contributed by atoms with Crippen molar-refractivity contribution in [2.24, 2.45) is 4.99 Å². The molecule has 0 fully saturated rings. The van der Waals surface area contributed by atoms with Crippen LogP contribution in [0.5, 0.6) is 0 Å². The first-order valence-electron chi connectivity index (χ1n) is 8.15. The lowest BCUT2D eigenvalue weighted by Gasteiger charge is -2.24. The number of benzene rings is 2. The Morgan fingerprint density at radius 2 is 1.92 bits per heavy atom. The van der Waals surface area contributed by atoms with Crippen molar-refractivity contribution in [2.75, 3.05) is 18.0 Å². The fraction of sp³-hybridized carbons (Fsp3) is 0.200. The Morgan fingerprint density at radius 1 is 1.08 bits per heavy atom. The van der Waals surface area contributed by atoms with Crippen molar-refractivity contribution in [1.29, 1.82) is 0 Å². The van der Waals surface area contributed by atoms with E-state index in [1.165, 1.54) is 16.3 Å². The van der Waals surface area contributed by atoms with E-state index in [2.05, 4.69) is 90.6 Å². The van der Waals surface area contributed by atoms with Gasteiger partial charge in [-0.15, -0.1) is 0 Å². The number of anilines is 1. The molecule has 0 aliphatic carbocycles. The molecule has 0 N–H and O–H groups in total. The third kappa shape index (κ3) is 4.73. The molecular weight excluding hydrogens is 394 g/mol. The largest absolute Gasteiger partial charge is 0.352 e. The van der Waals surface area contributed by atoms with Gasteiger partial charge < -0.3 is 4.90 Å². The van der Waals surface area contributed by atoms with E-state index in [0.717, 1.165) is 29.8 Å². The number of aromatic nitrogens is 1. The Morgan fingerprint density at radius 3 is 2.72 bits per heavy atom. The van der Waals surface area contributed by atoms with Gasteiger partial charge in [-0.2, -0.15) is 0 Å². The zero-order valence-corrected chi connectivity index (χ0v) is 16.1. The molecule has 25 heavy (non-hydrogen) atoms. The maximum Gasteiger partial charge on any atom is 0.128 e. The van der Waals surface area contributed by atoms with Gasteiger partial charge in [-0.25, -0.2) is 9.98 Å². The molecule has 3 nitrogen and oxygen atoms in total. The number of hydrogen-bond donors (Lipinski definition) is 0. The van der Waals surface area contributed by atoms with Gasteiger partial charge in [0.25, 0.3) is 0 Å². The molecule has 0 atom stereocenters. The predicted molar refractivity (Wildman–Crippen MR) is 111 cm³/mol. The molecule has 0 bridgehead atoms. The molecule has 0 aliphatic heterocycles. The lowest BCUT2D eigenvalue weighted by molar-refractivity contribution is 0.730. The summed E-state index contributed by atoms with van der Waals surface area (Å²) in [7, 11) is 0. The summed E-state index contributed by atoms with van der Waals surface area (Å²) in [5.74, 6) is 0.961. The number of isothiocyanates is 1. The molecule has 0 radical (unpaired) electrons. The molecule has 3 aromatic rings. The van der Waals surface area contributed by atoms with Crippen molar-refractivity contribution in [2.45, 2.75) is 13.0 Å². The van der Waals surface area contributed by atoms with E-state index in [1.807, 2.05) is 18.3 Å². The van der Waals surface area contributed by atoms with Crippen molar-refractivity contribution in [3.05, 3.63) is 70.8 Å². The molecule has 0 saturated heterocycles. The fourth-order valence-electron chi connectivity index (χ4n) is 2.85. The fourth-order valence-corrected chi connectivity index (χ4v) is 3.18. The van der Waals surface area contributed by atoms with Gasteiger partial charge in [0.1, 0.15) is 5.82 Å². The van der Waals surface area contributed by atoms with Gasteiger partial charge in [0, 0.05) is 23.8 Å². The second-order valence-corrected chi connectivity index (χ2v) is 6.82. The van der Waals surface area contributed by atoms with E-state index >= 15 is 0 Å². The third-order valence-electron chi connectivity index (χ3n) is 4.04. The number of aliphatic imine (C=N–C) groups is 1. The minimum absolute atomic E-state index is 0.687. The van der Waals surface area contributed by atoms with Crippen LogP contribution in [0.3, 0.4) is 0 Å². The van der Waals surface area contributed by atoms with Crippen molar-refractivity contribution < 1.29 is 0 Å². The van der Waals surface area contributed by atoms with Crippen molar-refractivity contribution in [3.63, 3.8) is 0 Å². The summed E-state index contributed by atoms with van der Waals surface area (Å²) in [5, 5.41) is 4.97. The van der Waals surface area contributed by atoms with Crippen LogP contribution in [0.2, 0.25) is 0 Å². The van der Waals surface area contributed by atoms with Gasteiger partial charge >= 0.3 is 0 Å². The molecule has 126 valence electrons. The quantitative estimate of drug-likeness (QED) is 0.292. The van der Waals surface area contributed by atoms with Gasteiger partial charge in [-0.1, -0.05) is 42.5 Å². The van der Waals surface area contributed by atoms with Gasteiger partial charge in [0.15, 0.2) is 0 Å². The monoisotopic (exact) mass is 411 g/mol. The first-order valence-corrected chi connectivity index (χ1v) is 9.35. The molecule has 3 rings (SSSR count). The second kappa shape index (κ2) is 8.86. The molecule has 0 spiro atoms. The Hall–Kier alpha value is -2.07. The molecule has 2 aromatic carbocycles. The molecule has 1 aromatic heterocycles. The number of nitrogens with zero attached hydrogens (tertiary/aromatic N) is 3. The second-order valence-electron chi connectivity index (χ2n) is 5.72. The summed E-state index contributed by atoms with van der Waals surface area (Å²) < 4.78 is 0.978. The van der Waals surface area contributed by atoms with Crippen LogP contribution in [0, 0.1) is 0 Å². The average Bonchev–Trinajstić information content (AvgIpc) is 2.65. The van der Waals surface area contributed by atoms with Gasteiger partial charge in [-0.3, -0.25) is 0 Å². The summed E-state index contributed by atoms with van der Waals surface area (Å²) in [5.41, 5.74) is 1.29. The van der Waals surface area contributed by atoms with Crippen molar-refractivity contribution in [1.82, 2.24) is 4.98 Å². The number of halogens is 1. The van der Waals surface area contributed by atoms with E-state index in [4.69, 9.17) is 0 Å². The molecule has 1 heterocycles. The maximum atomic E-state index is 4.65. The standard InChI is InChI=1S/C20H18BrN3S/c21-18-9-10-20(23-13-18)24(12-4-11-22-15-25)14-17-7-3-6-16-5-1-2-8-19(16)17/h1-3,5-10,13H,4,11-12,14H2. The summed E-state index contributed by atoms with van der Waals surface area (Å²) in [6, 6.07) is 19.0. The van der Waals surface area contributed by atoms with Crippen LogP contribution in [-0.2, 0) is 6.54 Å². The van der Waals surface area contributed by atoms with Crippen LogP contribution < -0.4 is 4.90 Å². The van der Waals surface area contributed by atoms with Crippen molar-refractivity contribution >= 4 is 49.9 Å². The van der Waals surface area contributed by atoms with Crippen LogP contribution in [0.1, 0.15) is 12.0 Å². The van der Waals surface area contributed by atoms with E-state index in [0.29, 0.717) is 6.54 Å². The highest BCUT2D eigenvalue weighted by Gasteiger charge is 2.10. The van der Waals surface area contributed by atoms with E-state index < -0.39 is 0 Å². The summed E-state index contributed by atoms with van der Waals surface area (Å²) >= 11 is 8.10. The van der Waals surface area contributed by atoms with Crippen LogP contribution in [0.25, 0.3) is 10.8 Å². The summed E-state index contributed by atoms with van der Waals surface area (Å²) in [4.78, 5) is 10.9. The third-order valence-corrected chi connectivity index (χ3v) is 4.64. The van der Waals surface area contributed by atoms with Gasteiger partial charge in [0.05, 0.1) is 11.7 Å². The molecular formula is C20H18BrN3S. The molecule has 0 saturated carbocycles. The van der Waals surface area contributed by atoms with E-state index in [9.17, 15) is 0 Å². The first-order chi connectivity index (χ1) is 12.3. The van der Waals surface area contributed by atoms with Gasteiger partial charge in [0.2, 0.25) is 0 Å². The summed E-state index contributed by atoms with van der Waals surface area (Å²) in [6.07, 6.45) is 2.74. The first kappa shape index (κ1) is 17.7. The highest BCUT2D eigenvalue weighted by molar-refractivity contribution is 9.10. The SMILES string of the molecule is S=C=NCCCN(Cc1cccc2ccccc12)c1ccc(Br)cn1. The topological polar surface area (TPSA) is 28.5 Å². The molecule has 0 unspecified atom stereocenters.